The molecule has 0 spiro atoms. The Morgan fingerprint density at radius 2 is 2.08 bits per heavy atom. The molecule has 2 rings (SSSR count). The highest BCUT2D eigenvalue weighted by Crippen LogP contribution is 2.40. The highest BCUT2D eigenvalue weighted by atomic mass is 32.2. The molecule has 2 saturated heterocycles. The Bertz CT molecular complexity index is 348. The zero-order valence-corrected chi connectivity index (χ0v) is 8.43. The van der Waals surface area contributed by atoms with Crippen LogP contribution >= 0.6 is 0 Å². The lowest BCUT2D eigenvalue weighted by Gasteiger charge is -2.47. The SMILES string of the molecule is CC12CCCCS(=O)(=O)N1C(=O)C2. The number of hydrogen-bond donors (Lipinski definition) is 0. The first-order valence-electron chi connectivity index (χ1n) is 4.52. The predicted molar refractivity (Wildman–Crippen MR) is 47.5 cm³/mol. The molecule has 2 aliphatic heterocycles. The monoisotopic (exact) mass is 203 g/mol. The summed E-state index contributed by atoms with van der Waals surface area (Å²) < 4.78 is 24.3. The number of carbonyl (C=O) groups excluding carboxylic acids is 1. The van der Waals surface area contributed by atoms with E-state index >= 15 is 0 Å². The van der Waals surface area contributed by atoms with Gasteiger partial charge in [0.1, 0.15) is 0 Å². The minimum Gasteiger partial charge on any atom is -0.274 e. The molecular weight excluding hydrogens is 190 g/mol. The quantitative estimate of drug-likeness (QED) is 0.538. The highest BCUT2D eigenvalue weighted by molar-refractivity contribution is 7.89. The van der Waals surface area contributed by atoms with Gasteiger partial charge >= 0.3 is 0 Å². The Morgan fingerprint density at radius 3 is 2.69 bits per heavy atom. The molecule has 0 aliphatic carbocycles. The molecule has 0 aromatic rings. The van der Waals surface area contributed by atoms with E-state index in [-0.39, 0.29) is 11.7 Å². The minimum absolute atomic E-state index is 0.133. The van der Waals surface area contributed by atoms with E-state index in [9.17, 15) is 13.2 Å². The van der Waals surface area contributed by atoms with Crippen LogP contribution in [0.25, 0.3) is 0 Å². The second-order valence-electron chi connectivity index (χ2n) is 4.10. The molecule has 4 nitrogen and oxygen atoms in total. The van der Waals surface area contributed by atoms with Gasteiger partial charge in [0.25, 0.3) is 0 Å². The number of amides is 1. The summed E-state index contributed by atoms with van der Waals surface area (Å²) in [6.45, 7) is 1.86. The van der Waals surface area contributed by atoms with Crippen LogP contribution in [0.2, 0.25) is 0 Å². The van der Waals surface area contributed by atoms with Crippen molar-refractivity contribution in [2.75, 3.05) is 5.75 Å². The molecule has 0 radical (unpaired) electrons. The molecule has 2 fully saturated rings. The minimum atomic E-state index is -3.28. The van der Waals surface area contributed by atoms with E-state index < -0.39 is 15.6 Å². The molecule has 1 amide bonds. The third-order valence-corrected chi connectivity index (χ3v) is 4.90. The fourth-order valence-electron chi connectivity index (χ4n) is 2.24. The van der Waals surface area contributed by atoms with Gasteiger partial charge in [-0.3, -0.25) is 4.79 Å². The highest BCUT2D eigenvalue weighted by Gasteiger charge is 2.53. The van der Waals surface area contributed by atoms with Crippen LogP contribution < -0.4 is 0 Å². The lowest BCUT2D eigenvalue weighted by molar-refractivity contribution is -0.144. The first kappa shape index (κ1) is 8.99. The average molecular weight is 203 g/mol. The average Bonchev–Trinajstić information content (AvgIpc) is 2.03. The fourth-order valence-corrected chi connectivity index (χ4v) is 4.20. The third-order valence-electron chi connectivity index (χ3n) is 2.89. The second-order valence-corrected chi connectivity index (χ2v) is 6.04. The maximum absolute atomic E-state index is 11.6. The molecule has 1 atom stereocenters. The van der Waals surface area contributed by atoms with Crippen LogP contribution in [-0.4, -0.2) is 29.9 Å². The summed E-state index contributed by atoms with van der Waals surface area (Å²) in [6.07, 6.45) is 2.80. The molecule has 0 N–H and O–H groups in total. The summed E-state index contributed by atoms with van der Waals surface area (Å²) >= 11 is 0. The third kappa shape index (κ3) is 1.17. The number of carbonyl (C=O) groups is 1. The maximum atomic E-state index is 11.6. The Balaban J connectivity index is 2.40. The summed E-state index contributed by atoms with van der Waals surface area (Å²) in [5.41, 5.74) is -0.396. The first-order valence-corrected chi connectivity index (χ1v) is 6.13. The number of fused-ring (bicyclic) bond motifs is 1. The number of nitrogens with zero attached hydrogens (tertiary/aromatic N) is 1. The molecule has 2 aliphatic rings. The molecule has 2 heterocycles. The van der Waals surface area contributed by atoms with Crippen molar-refractivity contribution < 1.29 is 13.2 Å². The van der Waals surface area contributed by atoms with Crippen molar-refractivity contribution in [3.63, 3.8) is 0 Å². The van der Waals surface area contributed by atoms with Gasteiger partial charge in [-0.25, -0.2) is 12.7 Å². The lowest BCUT2D eigenvalue weighted by atomic mass is 9.84. The van der Waals surface area contributed by atoms with Gasteiger partial charge in [0.05, 0.1) is 17.7 Å². The number of hydrogen-bond acceptors (Lipinski definition) is 3. The van der Waals surface area contributed by atoms with Crippen molar-refractivity contribution in [2.45, 2.75) is 38.1 Å². The van der Waals surface area contributed by atoms with Crippen LogP contribution in [0.4, 0.5) is 0 Å². The van der Waals surface area contributed by atoms with E-state index in [0.29, 0.717) is 12.8 Å². The van der Waals surface area contributed by atoms with Gasteiger partial charge < -0.3 is 0 Å². The summed E-state index contributed by atoms with van der Waals surface area (Å²) in [5, 5.41) is 0. The van der Waals surface area contributed by atoms with E-state index in [1.807, 2.05) is 6.92 Å². The Hall–Kier alpha value is -0.580. The zero-order valence-electron chi connectivity index (χ0n) is 7.62. The molecular formula is C8H13NO3S. The van der Waals surface area contributed by atoms with E-state index in [1.165, 1.54) is 0 Å². The summed E-state index contributed by atoms with van der Waals surface area (Å²) in [7, 11) is -3.28. The van der Waals surface area contributed by atoms with Crippen LogP contribution in [0.1, 0.15) is 32.6 Å². The van der Waals surface area contributed by atoms with E-state index in [0.717, 1.165) is 17.1 Å². The molecule has 74 valence electrons. The maximum Gasteiger partial charge on any atom is 0.238 e. The largest absolute Gasteiger partial charge is 0.274 e. The lowest BCUT2D eigenvalue weighted by Crippen LogP contribution is -2.63. The van der Waals surface area contributed by atoms with Crippen molar-refractivity contribution in [3.05, 3.63) is 0 Å². The number of β-lactam (4-membered cyclic amide) rings is 1. The molecule has 0 aromatic heterocycles. The van der Waals surface area contributed by atoms with Gasteiger partial charge in [-0.1, -0.05) is 0 Å². The fraction of sp³-hybridized carbons (Fsp3) is 0.875. The van der Waals surface area contributed by atoms with Gasteiger partial charge in [0, 0.05) is 0 Å². The predicted octanol–water partition coefficient (Wildman–Crippen LogP) is 0.491. The van der Waals surface area contributed by atoms with E-state index in [4.69, 9.17) is 0 Å². The normalized spacial score (nSPS) is 37.6. The standard InChI is InChI=1S/C8H13NO3S/c1-8-4-2-3-5-13(11,12)9(8)7(10)6-8/h2-6H2,1H3. The van der Waals surface area contributed by atoms with Gasteiger partial charge in [-0.2, -0.15) is 0 Å². The van der Waals surface area contributed by atoms with Crippen LogP contribution in [-0.2, 0) is 14.8 Å². The van der Waals surface area contributed by atoms with Crippen molar-refractivity contribution in [3.8, 4) is 0 Å². The Kier molecular flexibility index (Phi) is 1.71. The zero-order chi connectivity index (χ0) is 9.69. The molecule has 5 heteroatoms. The molecule has 0 aromatic carbocycles. The van der Waals surface area contributed by atoms with Crippen LogP contribution in [0.15, 0.2) is 0 Å². The van der Waals surface area contributed by atoms with Crippen LogP contribution in [0.3, 0.4) is 0 Å². The topological polar surface area (TPSA) is 54.5 Å². The molecule has 13 heavy (non-hydrogen) atoms. The molecule has 0 bridgehead atoms. The smallest absolute Gasteiger partial charge is 0.238 e. The first-order chi connectivity index (χ1) is 5.96. The second kappa shape index (κ2) is 2.47. The van der Waals surface area contributed by atoms with E-state index in [2.05, 4.69) is 0 Å². The molecule has 1 unspecified atom stereocenters. The van der Waals surface area contributed by atoms with Gasteiger partial charge in [0.2, 0.25) is 15.9 Å². The van der Waals surface area contributed by atoms with Crippen molar-refractivity contribution >= 4 is 15.9 Å². The van der Waals surface area contributed by atoms with Gasteiger partial charge in [-0.15, -0.1) is 0 Å². The Labute approximate surface area is 78.0 Å². The summed E-state index contributed by atoms with van der Waals surface area (Å²) in [5.74, 6) is -0.0988. The number of rotatable bonds is 0. The van der Waals surface area contributed by atoms with Crippen LogP contribution in [0, 0.1) is 0 Å². The van der Waals surface area contributed by atoms with Crippen molar-refractivity contribution in [1.82, 2.24) is 4.31 Å². The van der Waals surface area contributed by atoms with Crippen molar-refractivity contribution in [1.29, 1.82) is 0 Å². The van der Waals surface area contributed by atoms with Gasteiger partial charge in [0.15, 0.2) is 0 Å². The Morgan fingerprint density at radius 1 is 1.38 bits per heavy atom. The van der Waals surface area contributed by atoms with E-state index in [1.54, 1.807) is 0 Å². The van der Waals surface area contributed by atoms with Crippen LogP contribution in [0.5, 0.6) is 0 Å². The number of sulfonamides is 1. The molecule has 0 saturated carbocycles. The summed E-state index contributed by atoms with van der Waals surface area (Å²) in [6, 6.07) is 0. The van der Waals surface area contributed by atoms with Gasteiger partial charge in [-0.05, 0) is 26.2 Å². The van der Waals surface area contributed by atoms with Crippen molar-refractivity contribution in [2.24, 2.45) is 0 Å². The summed E-state index contributed by atoms with van der Waals surface area (Å²) in [4.78, 5) is 11.2.